The second kappa shape index (κ2) is 5.10. The van der Waals surface area contributed by atoms with Crippen molar-refractivity contribution in [2.24, 2.45) is 0 Å². The number of aliphatic hydroxyl groups is 1. The van der Waals surface area contributed by atoms with Gasteiger partial charge in [0, 0.05) is 4.47 Å². The predicted molar refractivity (Wildman–Crippen MR) is 73.2 cm³/mol. The van der Waals surface area contributed by atoms with Gasteiger partial charge in [-0.05, 0) is 45.3 Å². The molecule has 0 fully saturated rings. The van der Waals surface area contributed by atoms with Crippen LogP contribution in [0.1, 0.15) is 27.7 Å². The lowest BCUT2D eigenvalue weighted by Gasteiger charge is -2.38. The topological polar surface area (TPSA) is 49.7 Å². The number of rotatable bonds is 4. The van der Waals surface area contributed by atoms with Crippen LogP contribution in [-0.4, -0.2) is 28.5 Å². The van der Waals surface area contributed by atoms with E-state index < -0.39 is 18.3 Å². The van der Waals surface area contributed by atoms with Crippen LogP contribution >= 0.6 is 15.9 Å². The fourth-order valence-electron chi connectivity index (χ4n) is 1.15. The zero-order chi connectivity index (χ0) is 13.3. The summed E-state index contributed by atoms with van der Waals surface area (Å²) in [5.74, 6) is 0. The van der Waals surface area contributed by atoms with Crippen molar-refractivity contribution in [2.75, 3.05) is 0 Å². The number of hydrogen-bond acceptors (Lipinski definition) is 3. The standard InChI is InChI=1S/C12H18BBrO3/c1-11(2,15)12(3,4)17-13(16)9-6-5-7-10(14)8-9/h5-8,15-16H,1-4H3. The van der Waals surface area contributed by atoms with Gasteiger partial charge in [0.1, 0.15) is 0 Å². The van der Waals surface area contributed by atoms with Crippen LogP contribution in [0.25, 0.3) is 0 Å². The molecule has 0 saturated carbocycles. The zero-order valence-corrected chi connectivity index (χ0v) is 12.2. The van der Waals surface area contributed by atoms with Gasteiger partial charge in [-0.1, -0.05) is 28.1 Å². The van der Waals surface area contributed by atoms with Crippen LogP contribution < -0.4 is 5.46 Å². The molecular formula is C12H18BBrO3. The van der Waals surface area contributed by atoms with Crippen LogP contribution in [0.5, 0.6) is 0 Å². The SMILES string of the molecule is CC(C)(O)C(C)(C)OB(O)c1cccc(Br)c1. The minimum atomic E-state index is -1.06. The number of hydrogen-bond donors (Lipinski definition) is 2. The van der Waals surface area contributed by atoms with Crippen molar-refractivity contribution in [2.45, 2.75) is 38.9 Å². The Balaban J connectivity index is 2.83. The van der Waals surface area contributed by atoms with Crippen molar-refractivity contribution >= 4 is 28.5 Å². The minimum Gasteiger partial charge on any atom is -0.423 e. The van der Waals surface area contributed by atoms with Crippen molar-refractivity contribution in [3.05, 3.63) is 28.7 Å². The molecule has 94 valence electrons. The highest BCUT2D eigenvalue weighted by atomic mass is 79.9. The molecule has 2 N–H and O–H groups in total. The molecular weight excluding hydrogens is 283 g/mol. The molecule has 3 nitrogen and oxygen atoms in total. The first-order valence-corrected chi connectivity index (χ1v) is 6.26. The Morgan fingerprint density at radius 1 is 1.24 bits per heavy atom. The molecule has 0 atom stereocenters. The third-order valence-corrected chi connectivity index (χ3v) is 3.51. The van der Waals surface area contributed by atoms with Crippen LogP contribution in [0.3, 0.4) is 0 Å². The molecule has 5 heteroatoms. The number of halogens is 1. The summed E-state index contributed by atoms with van der Waals surface area (Å²) in [5, 5.41) is 19.9. The van der Waals surface area contributed by atoms with E-state index in [1.165, 1.54) is 0 Å². The van der Waals surface area contributed by atoms with E-state index in [0.29, 0.717) is 5.46 Å². The lowest BCUT2D eigenvalue weighted by atomic mass is 9.76. The smallest absolute Gasteiger partial charge is 0.423 e. The maximum atomic E-state index is 9.99. The molecule has 0 aliphatic heterocycles. The molecule has 0 amide bonds. The second-order valence-corrected chi connectivity index (χ2v) is 6.01. The van der Waals surface area contributed by atoms with Crippen LogP contribution in [0.2, 0.25) is 0 Å². The summed E-state index contributed by atoms with van der Waals surface area (Å²) < 4.78 is 6.40. The largest absolute Gasteiger partial charge is 0.491 e. The van der Waals surface area contributed by atoms with E-state index in [1.807, 2.05) is 12.1 Å². The first kappa shape index (κ1) is 14.7. The molecule has 0 bridgehead atoms. The summed E-state index contributed by atoms with van der Waals surface area (Å²) in [6.07, 6.45) is 0. The second-order valence-electron chi connectivity index (χ2n) is 5.09. The Morgan fingerprint density at radius 2 is 1.82 bits per heavy atom. The summed E-state index contributed by atoms with van der Waals surface area (Å²) in [4.78, 5) is 0. The van der Waals surface area contributed by atoms with Crippen molar-refractivity contribution in [3.63, 3.8) is 0 Å². The monoisotopic (exact) mass is 300 g/mol. The van der Waals surface area contributed by atoms with E-state index in [1.54, 1.807) is 39.8 Å². The van der Waals surface area contributed by atoms with Gasteiger partial charge in [-0.25, -0.2) is 0 Å². The lowest BCUT2D eigenvalue weighted by Crippen LogP contribution is -2.53. The van der Waals surface area contributed by atoms with Crippen LogP contribution in [0, 0.1) is 0 Å². The van der Waals surface area contributed by atoms with Gasteiger partial charge < -0.3 is 14.8 Å². The van der Waals surface area contributed by atoms with Crippen LogP contribution in [-0.2, 0) is 4.65 Å². The molecule has 0 aliphatic rings. The van der Waals surface area contributed by atoms with E-state index in [0.717, 1.165) is 4.47 Å². The Bertz CT molecular complexity index is 388. The van der Waals surface area contributed by atoms with Crippen molar-refractivity contribution in [1.82, 2.24) is 0 Å². The summed E-state index contributed by atoms with van der Waals surface area (Å²) >= 11 is 3.33. The summed E-state index contributed by atoms with van der Waals surface area (Å²) in [5.41, 5.74) is -1.24. The van der Waals surface area contributed by atoms with Gasteiger partial charge in [0.2, 0.25) is 0 Å². The summed E-state index contributed by atoms with van der Waals surface area (Å²) in [6, 6.07) is 7.25. The normalized spacial score (nSPS) is 12.6. The van der Waals surface area contributed by atoms with Gasteiger partial charge in [0.25, 0.3) is 0 Å². The summed E-state index contributed by atoms with van der Waals surface area (Å²) in [7, 11) is -1.06. The Morgan fingerprint density at radius 3 is 2.29 bits per heavy atom. The van der Waals surface area contributed by atoms with Crippen molar-refractivity contribution < 1.29 is 14.8 Å². The first-order chi connectivity index (χ1) is 7.63. The van der Waals surface area contributed by atoms with E-state index in [4.69, 9.17) is 4.65 Å². The lowest BCUT2D eigenvalue weighted by molar-refractivity contribution is -0.0982. The minimum absolute atomic E-state index is 0.650. The highest BCUT2D eigenvalue weighted by Gasteiger charge is 2.39. The Labute approximate surface area is 111 Å². The fourth-order valence-corrected chi connectivity index (χ4v) is 1.57. The Hall–Kier alpha value is -0.355. The highest BCUT2D eigenvalue weighted by Crippen LogP contribution is 2.25. The molecule has 1 rings (SSSR count). The fraction of sp³-hybridized carbons (Fsp3) is 0.500. The molecule has 0 heterocycles. The maximum absolute atomic E-state index is 9.99. The van der Waals surface area contributed by atoms with Gasteiger partial charge in [0.05, 0.1) is 11.2 Å². The maximum Gasteiger partial charge on any atom is 0.491 e. The third kappa shape index (κ3) is 3.81. The van der Waals surface area contributed by atoms with E-state index in [9.17, 15) is 10.1 Å². The zero-order valence-electron chi connectivity index (χ0n) is 10.6. The predicted octanol–water partition coefficient (Wildman–Crippen LogP) is 1.70. The molecule has 0 radical (unpaired) electrons. The van der Waals surface area contributed by atoms with Gasteiger partial charge in [-0.2, -0.15) is 0 Å². The van der Waals surface area contributed by atoms with Gasteiger partial charge in [-0.3, -0.25) is 0 Å². The summed E-state index contributed by atoms with van der Waals surface area (Å²) in [6.45, 7) is 6.80. The molecule has 0 aliphatic carbocycles. The molecule has 1 aromatic carbocycles. The van der Waals surface area contributed by atoms with Gasteiger partial charge in [0.15, 0.2) is 0 Å². The molecule has 17 heavy (non-hydrogen) atoms. The van der Waals surface area contributed by atoms with E-state index in [-0.39, 0.29) is 0 Å². The number of benzene rings is 1. The first-order valence-electron chi connectivity index (χ1n) is 5.47. The van der Waals surface area contributed by atoms with E-state index >= 15 is 0 Å². The Kier molecular flexibility index (Phi) is 4.41. The van der Waals surface area contributed by atoms with Crippen LogP contribution in [0.4, 0.5) is 0 Å². The van der Waals surface area contributed by atoms with E-state index in [2.05, 4.69) is 15.9 Å². The van der Waals surface area contributed by atoms with Crippen molar-refractivity contribution in [3.8, 4) is 0 Å². The quantitative estimate of drug-likeness (QED) is 0.832. The van der Waals surface area contributed by atoms with Crippen molar-refractivity contribution in [1.29, 1.82) is 0 Å². The average molecular weight is 301 g/mol. The van der Waals surface area contributed by atoms with Crippen LogP contribution in [0.15, 0.2) is 28.7 Å². The van der Waals surface area contributed by atoms with Gasteiger partial charge in [-0.15, -0.1) is 0 Å². The molecule has 0 spiro atoms. The average Bonchev–Trinajstić information content (AvgIpc) is 2.15. The molecule has 0 unspecified atom stereocenters. The van der Waals surface area contributed by atoms with Gasteiger partial charge >= 0.3 is 7.12 Å². The molecule has 1 aromatic rings. The molecule has 0 saturated heterocycles. The molecule has 0 aromatic heterocycles. The third-order valence-electron chi connectivity index (χ3n) is 3.01. The highest BCUT2D eigenvalue weighted by molar-refractivity contribution is 9.10.